The van der Waals surface area contributed by atoms with Crippen LogP contribution in [0.1, 0.15) is 23.6 Å². The number of amides is 1. The number of rotatable bonds is 6. The van der Waals surface area contributed by atoms with Gasteiger partial charge in [0.2, 0.25) is 0 Å². The zero-order chi connectivity index (χ0) is 21.1. The predicted octanol–water partition coefficient (Wildman–Crippen LogP) is 4.09. The minimum absolute atomic E-state index is 0.116. The summed E-state index contributed by atoms with van der Waals surface area (Å²) in [6, 6.07) is 17.7. The van der Waals surface area contributed by atoms with Gasteiger partial charge in [-0.05, 0) is 61.5 Å². The van der Waals surface area contributed by atoms with E-state index in [-0.39, 0.29) is 5.91 Å². The number of hydrogen-bond acceptors (Lipinski definition) is 5. The van der Waals surface area contributed by atoms with E-state index >= 15 is 0 Å². The van der Waals surface area contributed by atoms with Crippen LogP contribution in [0, 0.1) is 0 Å². The lowest BCUT2D eigenvalue weighted by Crippen LogP contribution is -2.17. The van der Waals surface area contributed by atoms with E-state index in [9.17, 15) is 4.79 Å². The third-order valence-corrected chi connectivity index (χ3v) is 5.08. The van der Waals surface area contributed by atoms with Crippen molar-refractivity contribution in [2.75, 3.05) is 23.4 Å². The van der Waals surface area contributed by atoms with Crippen LogP contribution >= 0.6 is 0 Å². The molecule has 2 aromatic carbocycles. The van der Waals surface area contributed by atoms with Gasteiger partial charge in [0.05, 0.1) is 5.57 Å². The van der Waals surface area contributed by atoms with Crippen molar-refractivity contribution < 1.29 is 4.79 Å². The maximum absolute atomic E-state index is 12.4. The van der Waals surface area contributed by atoms with Crippen molar-refractivity contribution >= 4 is 28.5 Å². The molecule has 1 aromatic heterocycles. The first-order valence-corrected chi connectivity index (χ1v) is 9.85. The van der Waals surface area contributed by atoms with Crippen molar-refractivity contribution in [1.82, 2.24) is 9.88 Å². The molecule has 4 rings (SSSR count). The van der Waals surface area contributed by atoms with E-state index in [1.54, 1.807) is 12.3 Å². The monoisotopic (exact) mass is 399 g/mol. The molecule has 0 saturated carbocycles. The lowest BCUT2D eigenvalue weighted by Gasteiger charge is -2.17. The number of carbonyl (C=O) groups is 1. The average Bonchev–Trinajstić information content (AvgIpc) is 3.05. The first-order valence-electron chi connectivity index (χ1n) is 9.85. The summed E-state index contributed by atoms with van der Waals surface area (Å²) in [6.45, 7) is 3.59. The average molecular weight is 399 g/mol. The molecule has 0 saturated heterocycles. The molecule has 0 atom stereocenters. The maximum Gasteiger partial charge on any atom is 0.258 e. The van der Waals surface area contributed by atoms with Gasteiger partial charge < -0.3 is 16.4 Å². The molecule has 1 aliphatic rings. The van der Waals surface area contributed by atoms with Crippen molar-refractivity contribution in [3.63, 3.8) is 0 Å². The van der Waals surface area contributed by atoms with Crippen molar-refractivity contribution in [1.29, 1.82) is 0 Å². The smallest absolute Gasteiger partial charge is 0.258 e. The minimum Gasteiger partial charge on any atom is -0.399 e. The zero-order valence-corrected chi connectivity index (χ0v) is 17.1. The maximum atomic E-state index is 12.4. The molecule has 0 fully saturated rings. The normalized spacial score (nSPS) is 14.4. The van der Waals surface area contributed by atoms with Crippen molar-refractivity contribution in [2.24, 2.45) is 0 Å². The largest absolute Gasteiger partial charge is 0.399 e. The Morgan fingerprint density at radius 1 is 1.10 bits per heavy atom. The molecule has 152 valence electrons. The number of nitrogens with one attached hydrogen (secondary N) is 2. The Labute approximate surface area is 176 Å². The molecule has 0 radical (unpaired) electrons. The van der Waals surface area contributed by atoms with Crippen LogP contribution in [-0.4, -0.2) is 22.8 Å². The molecular weight excluding hydrogens is 374 g/mol. The summed E-state index contributed by atoms with van der Waals surface area (Å²) in [4.78, 5) is 18.9. The number of nitrogen functional groups attached to an aromatic ring is 1. The first kappa shape index (κ1) is 19.7. The van der Waals surface area contributed by atoms with Gasteiger partial charge in [-0.3, -0.25) is 14.7 Å². The summed E-state index contributed by atoms with van der Waals surface area (Å²) in [5.41, 5.74) is 12.9. The van der Waals surface area contributed by atoms with Crippen LogP contribution in [0.3, 0.4) is 0 Å². The van der Waals surface area contributed by atoms with Gasteiger partial charge in [0.25, 0.3) is 5.91 Å². The predicted molar refractivity (Wildman–Crippen MR) is 122 cm³/mol. The number of nitrogens with zero attached hydrogens (tertiary/aromatic N) is 2. The Morgan fingerprint density at radius 2 is 1.87 bits per heavy atom. The fraction of sp³-hybridized carbons (Fsp3) is 0.167. The third-order valence-electron chi connectivity index (χ3n) is 5.08. The van der Waals surface area contributed by atoms with E-state index in [1.807, 2.05) is 43.5 Å². The molecule has 1 amide bonds. The molecule has 6 heteroatoms. The summed E-state index contributed by atoms with van der Waals surface area (Å²) in [5.74, 6) is -0.116. The topological polar surface area (TPSA) is 83.3 Å². The van der Waals surface area contributed by atoms with E-state index in [2.05, 4.69) is 45.8 Å². The Bertz CT molecular complexity index is 1090. The van der Waals surface area contributed by atoms with Gasteiger partial charge >= 0.3 is 0 Å². The van der Waals surface area contributed by atoms with Crippen molar-refractivity contribution in [3.8, 4) is 0 Å². The molecule has 0 unspecified atom stereocenters. The molecule has 3 aromatic rings. The van der Waals surface area contributed by atoms with E-state index in [4.69, 9.17) is 5.73 Å². The molecule has 0 aliphatic carbocycles. The number of pyridine rings is 1. The second-order valence-corrected chi connectivity index (χ2v) is 7.61. The number of aromatic nitrogens is 1. The summed E-state index contributed by atoms with van der Waals surface area (Å²) in [6.07, 6.45) is 3.68. The highest BCUT2D eigenvalue weighted by Crippen LogP contribution is 2.35. The number of anilines is 3. The SMILES string of the molecule is CC(Nc1ccc(CN(C)Cc2cccnc2)cc1)=C1C(=O)Nc2ccc(N)cc21. The zero-order valence-electron chi connectivity index (χ0n) is 17.1. The van der Waals surface area contributed by atoms with Gasteiger partial charge in [0.1, 0.15) is 0 Å². The minimum atomic E-state index is -0.116. The standard InChI is InChI=1S/C24H25N5O/c1-16(23-21-12-19(25)7-10-22(21)28-24(23)30)27-20-8-5-17(6-9-20)14-29(2)15-18-4-3-11-26-13-18/h3-13,27H,14-15,25H2,1-2H3,(H,28,30). The molecule has 0 bridgehead atoms. The van der Waals surface area contributed by atoms with Gasteiger partial charge in [-0.25, -0.2) is 0 Å². The lowest BCUT2D eigenvalue weighted by atomic mass is 10.0. The van der Waals surface area contributed by atoms with Crippen molar-refractivity contribution in [2.45, 2.75) is 20.0 Å². The second kappa shape index (κ2) is 8.39. The molecule has 2 heterocycles. The third kappa shape index (κ3) is 4.34. The van der Waals surface area contributed by atoms with E-state index in [0.717, 1.165) is 35.7 Å². The molecule has 1 aliphatic heterocycles. The van der Waals surface area contributed by atoms with Crippen LogP contribution in [0.5, 0.6) is 0 Å². The van der Waals surface area contributed by atoms with Crippen LogP contribution in [0.4, 0.5) is 17.1 Å². The number of hydrogen-bond donors (Lipinski definition) is 3. The van der Waals surface area contributed by atoms with E-state index in [0.29, 0.717) is 11.3 Å². The van der Waals surface area contributed by atoms with E-state index < -0.39 is 0 Å². The fourth-order valence-electron chi connectivity index (χ4n) is 3.70. The molecule has 30 heavy (non-hydrogen) atoms. The van der Waals surface area contributed by atoms with Crippen LogP contribution in [0.2, 0.25) is 0 Å². The van der Waals surface area contributed by atoms with Crippen LogP contribution in [-0.2, 0) is 17.9 Å². The second-order valence-electron chi connectivity index (χ2n) is 7.61. The molecule has 4 N–H and O–H groups in total. The first-order chi connectivity index (χ1) is 14.5. The van der Waals surface area contributed by atoms with Crippen LogP contribution < -0.4 is 16.4 Å². The van der Waals surface area contributed by atoms with Crippen LogP contribution in [0.15, 0.2) is 72.7 Å². The van der Waals surface area contributed by atoms with Crippen LogP contribution in [0.25, 0.3) is 5.57 Å². The fourth-order valence-corrected chi connectivity index (χ4v) is 3.70. The van der Waals surface area contributed by atoms with Crippen molar-refractivity contribution in [3.05, 3.63) is 89.4 Å². The van der Waals surface area contributed by atoms with Gasteiger partial charge in [-0.2, -0.15) is 0 Å². The molecular formula is C24H25N5O. The highest BCUT2D eigenvalue weighted by atomic mass is 16.2. The van der Waals surface area contributed by atoms with Gasteiger partial charge in [0, 0.05) is 53.8 Å². The Morgan fingerprint density at radius 3 is 2.60 bits per heavy atom. The summed E-state index contributed by atoms with van der Waals surface area (Å²) in [5, 5.41) is 6.24. The Kier molecular flexibility index (Phi) is 5.50. The number of allylic oxidation sites excluding steroid dienone is 1. The summed E-state index contributed by atoms with van der Waals surface area (Å²) in [7, 11) is 2.09. The molecule has 0 spiro atoms. The summed E-state index contributed by atoms with van der Waals surface area (Å²) < 4.78 is 0. The van der Waals surface area contributed by atoms with Gasteiger partial charge in [-0.1, -0.05) is 18.2 Å². The van der Waals surface area contributed by atoms with E-state index in [1.165, 1.54) is 11.1 Å². The van der Waals surface area contributed by atoms with Gasteiger partial charge in [-0.15, -0.1) is 0 Å². The highest BCUT2D eigenvalue weighted by Gasteiger charge is 2.26. The Balaban J connectivity index is 1.44. The number of nitrogens with two attached hydrogens (primary N) is 1. The quantitative estimate of drug-likeness (QED) is 0.430. The lowest BCUT2D eigenvalue weighted by molar-refractivity contribution is -0.110. The molecule has 6 nitrogen and oxygen atoms in total. The Hall–Kier alpha value is -3.64. The summed E-state index contributed by atoms with van der Waals surface area (Å²) >= 11 is 0. The number of fused-ring (bicyclic) bond motifs is 1. The van der Waals surface area contributed by atoms with Gasteiger partial charge in [0.15, 0.2) is 0 Å². The number of carbonyl (C=O) groups excluding carboxylic acids is 1. The number of benzene rings is 2. The highest BCUT2D eigenvalue weighted by molar-refractivity contribution is 6.32.